The Labute approximate surface area is 232 Å². The number of carbonyl (C=O) groups excluding carboxylic acids is 2. The molecule has 40 heavy (non-hydrogen) atoms. The summed E-state index contributed by atoms with van der Waals surface area (Å²) in [7, 11) is 0. The summed E-state index contributed by atoms with van der Waals surface area (Å²) in [5.74, 6) is -0.531. The molecule has 2 N–H and O–H groups in total. The van der Waals surface area contributed by atoms with Gasteiger partial charge < -0.3 is 19.0 Å². The van der Waals surface area contributed by atoms with E-state index in [2.05, 4.69) is 5.32 Å². The van der Waals surface area contributed by atoms with Crippen molar-refractivity contribution in [3.63, 3.8) is 0 Å². The maximum atomic E-state index is 13.8. The molecule has 6 rings (SSSR count). The highest BCUT2D eigenvalue weighted by molar-refractivity contribution is 7.17. The van der Waals surface area contributed by atoms with E-state index in [0.29, 0.717) is 22.0 Å². The summed E-state index contributed by atoms with van der Waals surface area (Å²) in [5, 5.41) is 12.5. The van der Waals surface area contributed by atoms with Gasteiger partial charge >= 0.3 is 5.97 Å². The molecule has 0 spiro atoms. The summed E-state index contributed by atoms with van der Waals surface area (Å²) in [6.07, 6.45) is 6.71. The molecule has 5 aromatic heterocycles. The van der Waals surface area contributed by atoms with Gasteiger partial charge in [-0.25, -0.2) is 9.78 Å². The average molecular weight is 558 g/mol. The lowest BCUT2D eigenvalue weighted by molar-refractivity contribution is 0.0526. The lowest BCUT2D eigenvalue weighted by Gasteiger charge is -2.15. The van der Waals surface area contributed by atoms with E-state index in [1.807, 2.05) is 13.0 Å². The smallest absolute Gasteiger partial charge is 0.341 e. The van der Waals surface area contributed by atoms with Gasteiger partial charge in [-0.15, -0.1) is 11.3 Å². The number of nitrogens with zero attached hydrogens (tertiary/aromatic N) is 3. The Kier molecular flexibility index (Phi) is 6.59. The van der Waals surface area contributed by atoms with Crippen LogP contribution >= 0.6 is 11.3 Å². The summed E-state index contributed by atoms with van der Waals surface area (Å²) >= 11 is 1.37. The Balaban J connectivity index is 1.52. The molecule has 204 valence electrons. The Hall–Kier alpha value is -4.51. The van der Waals surface area contributed by atoms with Gasteiger partial charge in [0.2, 0.25) is 0 Å². The van der Waals surface area contributed by atoms with Crippen LogP contribution in [0.25, 0.3) is 16.7 Å². The topological polar surface area (TPSA) is 132 Å². The van der Waals surface area contributed by atoms with Crippen molar-refractivity contribution in [2.24, 2.45) is 0 Å². The van der Waals surface area contributed by atoms with Crippen LogP contribution < -0.4 is 16.4 Å². The van der Waals surface area contributed by atoms with Gasteiger partial charge in [0.05, 0.1) is 35.9 Å². The fraction of sp³-hybridized carbons (Fsp3) is 0.276. The summed E-state index contributed by atoms with van der Waals surface area (Å²) < 4.78 is 13.8. The zero-order valence-electron chi connectivity index (χ0n) is 22.1. The number of fused-ring (bicyclic) bond motifs is 3. The summed E-state index contributed by atoms with van der Waals surface area (Å²) in [6.45, 7) is 3.91. The third-order valence-corrected chi connectivity index (χ3v) is 8.36. The van der Waals surface area contributed by atoms with Crippen LogP contribution in [0.5, 0.6) is 0 Å². The van der Waals surface area contributed by atoms with E-state index < -0.39 is 11.9 Å². The van der Waals surface area contributed by atoms with E-state index >= 15 is 0 Å². The van der Waals surface area contributed by atoms with Crippen LogP contribution in [0, 0.1) is 12.3 Å². The van der Waals surface area contributed by atoms with E-state index in [4.69, 9.17) is 19.5 Å². The number of amides is 1. The van der Waals surface area contributed by atoms with Gasteiger partial charge in [-0.05, 0) is 74.9 Å². The summed E-state index contributed by atoms with van der Waals surface area (Å²) in [4.78, 5) is 46.1. The molecule has 11 heteroatoms. The van der Waals surface area contributed by atoms with E-state index in [0.717, 1.165) is 41.7 Å². The van der Waals surface area contributed by atoms with Gasteiger partial charge in [-0.3, -0.25) is 19.4 Å². The molecule has 5 aromatic rings. The number of pyridine rings is 2. The number of ether oxygens (including phenoxy) is 1. The monoisotopic (exact) mass is 557 g/mol. The van der Waals surface area contributed by atoms with Crippen LogP contribution in [0.2, 0.25) is 0 Å². The highest BCUT2D eigenvalue weighted by Crippen LogP contribution is 2.38. The molecule has 0 fully saturated rings. The fourth-order valence-corrected chi connectivity index (χ4v) is 6.50. The second kappa shape index (κ2) is 10.2. The number of nitrogens with one attached hydrogen (secondary N) is 2. The quantitative estimate of drug-likeness (QED) is 0.234. The fourth-order valence-electron chi connectivity index (χ4n) is 5.23. The van der Waals surface area contributed by atoms with Crippen molar-refractivity contribution >= 4 is 44.9 Å². The van der Waals surface area contributed by atoms with Crippen LogP contribution in [-0.4, -0.2) is 32.4 Å². The third-order valence-electron chi connectivity index (χ3n) is 7.15. The zero-order chi connectivity index (χ0) is 28.0. The molecule has 0 radical (unpaired) electrons. The minimum atomic E-state index is -0.599. The Morgan fingerprint density at radius 1 is 1.20 bits per heavy atom. The maximum Gasteiger partial charge on any atom is 0.341 e. The molecule has 0 atom stereocenters. The lowest BCUT2D eigenvalue weighted by Crippen LogP contribution is -2.32. The number of aromatic nitrogens is 3. The second-order valence-corrected chi connectivity index (χ2v) is 10.8. The molecule has 0 aromatic carbocycles. The normalized spacial score (nSPS) is 12.9. The van der Waals surface area contributed by atoms with E-state index in [9.17, 15) is 14.4 Å². The molecule has 0 aliphatic heterocycles. The molecule has 10 nitrogen and oxygen atoms in total. The van der Waals surface area contributed by atoms with Crippen molar-refractivity contribution in [3.8, 4) is 0 Å². The lowest BCUT2D eigenvalue weighted by atomic mass is 9.95. The number of carbonyl (C=O) groups is 2. The van der Waals surface area contributed by atoms with Gasteiger partial charge in [0.25, 0.3) is 11.5 Å². The number of aryl methyl sites for hydroxylation is 2. The number of rotatable bonds is 6. The molecule has 0 unspecified atom stereocenters. The number of hydrogen-bond acceptors (Lipinski definition) is 8. The number of furan rings is 1. The average Bonchev–Trinajstić information content (AvgIpc) is 3.58. The molecule has 0 saturated heterocycles. The van der Waals surface area contributed by atoms with Gasteiger partial charge in [0, 0.05) is 11.1 Å². The van der Waals surface area contributed by atoms with Crippen molar-refractivity contribution in [1.82, 2.24) is 14.0 Å². The summed E-state index contributed by atoms with van der Waals surface area (Å²) in [6, 6.07) is 8.51. The number of esters is 1. The predicted octanol–water partition coefficient (Wildman–Crippen LogP) is 4.45. The molecule has 1 aliphatic carbocycles. The van der Waals surface area contributed by atoms with Crippen molar-refractivity contribution in [2.45, 2.75) is 46.1 Å². The minimum absolute atomic E-state index is 0.0215. The first-order valence-electron chi connectivity index (χ1n) is 13.1. The molecule has 0 saturated carbocycles. The van der Waals surface area contributed by atoms with Crippen molar-refractivity contribution in [2.75, 3.05) is 11.9 Å². The number of hydrogen-bond donors (Lipinski definition) is 2. The van der Waals surface area contributed by atoms with E-state index in [-0.39, 0.29) is 40.8 Å². The van der Waals surface area contributed by atoms with E-state index in [1.165, 1.54) is 32.6 Å². The predicted molar refractivity (Wildman–Crippen MR) is 150 cm³/mol. The maximum absolute atomic E-state index is 13.8. The van der Waals surface area contributed by atoms with Crippen molar-refractivity contribution in [1.29, 1.82) is 5.41 Å². The SMILES string of the molecule is CCOC(=O)c1c(NC(=O)c2cc3c(=O)n4cccc(C)c4nc3n(Cc3ccco3)c2=N)sc2c1CCCC2. The van der Waals surface area contributed by atoms with Gasteiger partial charge in [-0.1, -0.05) is 6.07 Å². The number of anilines is 1. The Morgan fingerprint density at radius 2 is 2.02 bits per heavy atom. The third kappa shape index (κ3) is 4.32. The Morgan fingerprint density at radius 3 is 2.80 bits per heavy atom. The first-order chi connectivity index (χ1) is 19.4. The standard InChI is InChI=1S/C29H27N5O5S/c1-3-38-29(37)22-18-10-4-5-11-21(18)40-27(22)32-26(35)19-14-20-25(34(23(19)30)15-17-9-7-13-39-17)31-24-16(2)8-6-12-33(24)28(20)36/h6-9,12-14,30H,3-5,10-11,15H2,1-2H3,(H,32,35). The highest BCUT2D eigenvalue weighted by atomic mass is 32.1. The molecule has 0 bridgehead atoms. The minimum Gasteiger partial charge on any atom is -0.467 e. The van der Waals surface area contributed by atoms with Crippen LogP contribution in [0.4, 0.5) is 5.00 Å². The Bertz CT molecular complexity index is 1920. The van der Waals surface area contributed by atoms with Crippen molar-refractivity contribution in [3.05, 3.63) is 91.5 Å². The largest absolute Gasteiger partial charge is 0.467 e. The highest BCUT2D eigenvalue weighted by Gasteiger charge is 2.28. The molecule has 5 heterocycles. The van der Waals surface area contributed by atoms with Crippen LogP contribution in [0.3, 0.4) is 0 Å². The van der Waals surface area contributed by atoms with Crippen LogP contribution in [0.1, 0.15) is 62.2 Å². The molecule has 1 amide bonds. The number of thiophene rings is 1. The molecule has 1 aliphatic rings. The first-order valence-corrected chi connectivity index (χ1v) is 13.9. The van der Waals surface area contributed by atoms with Crippen LogP contribution in [0.15, 0.2) is 52.0 Å². The molecular weight excluding hydrogens is 530 g/mol. The van der Waals surface area contributed by atoms with Gasteiger partial charge in [0.15, 0.2) is 0 Å². The van der Waals surface area contributed by atoms with Crippen molar-refractivity contribution < 1.29 is 18.7 Å². The van der Waals surface area contributed by atoms with Gasteiger partial charge in [-0.2, -0.15) is 0 Å². The first kappa shape index (κ1) is 25.8. The molecular formula is C29H27N5O5S. The van der Waals surface area contributed by atoms with E-state index in [1.54, 1.807) is 31.3 Å². The zero-order valence-corrected chi connectivity index (χ0v) is 22.9. The van der Waals surface area contributed by atoms with Gasteiger partial charge in [0.1, 0.15) is 27.5 Å². The summed E-state index contributed by atoms with van der Waals surface area (Å²) in [5.41, 5.74) is 2.33. The second-order valence-electron chi connectivity index (χ2n) is 9.70. The van der Waals surface area contributed by atoms with Crippen LogP contribution in [-0.2, 0) is 24.1 Å².